The number of carbonyl (C=O) groups is 1. The third-order valence-corrected chi connectivity index (χ3v) is 3.67. The summed E-state index contributed by atoms with van der Waals surface area (Å²) in [5.41, 5.74) is 8.23. The molecule has 0 saturated heterocycles. The maximum atomic E-state index is 11.9. The highest BCUT2D eigenvalue weighted by Crippen LogP contribution is 2.39. The normalized spacial score (nSPS) is 21.0. The smallest absolute Gasteiger partial charge is 0.309 e. The van der Waals surface area contributed by atoms with E-state index in [-0.39, 0.29) is 17.9 Å². The molecule has 0 aromatic heterocycles. The summed E-state index contributed by atoms with van der Waals surface area (Å²) in [4.78, 5) is 11.9. The molecule has 5 nitrogen and oxygen atoms in total. The molecule has 1 aromatic rings. The van der Waals surface area contributed by atoms with Gasteiger partial charge in [0, 0.05) is 6.04 Å². The van der Waals surface area contributed by atoms with Crippen LogP contribution in [0.4, 0.5) is 0 Å². The van der Waals surface area contributed by atoms with Gasteiger partial charge in [-0.1, -0.05) is 0 Å². The minimum absolute atomic E-state index is 0.177. The van der Waals surface area contributed by atoms with E-state index in [0.29, 0.717) is 30.9 Å². The summed E-state index contributed by atoms with van der Waals surface area (Å²) in [5, 5.41) is 0. The van der Waals surface area contributed by atoms with E-state index in [9.17, 15) is 4.79 Å². The minimum Gasteiger partial charge on any atom is -0.493 e. The zero-order chi connectivity index (χ0) is 14.7. The average Bonchev–Trinajstić information content (AvgIpc) is 2.46. The summed E-state index contributed by atoms with van der Waals surface area (Å²) >= 11 is 0. The van der Waals surface area contributed by atoms with Crippen LogP contribution in [0.2, 0.25) is 0 Å². The molecule has 1 aromatic carbocycles. The molecule has 2 atom stereocenters. The Bertz CT molecular complexity index is 501. The maximum Gasteiger partial charge on any atom is 0.309 e. The first-order chi connectivity index (χ1) is 9.60. The Kier molecular flexibility index (Phi) is 4.49. The standard InChI is InChI=1S/C15H21NO4/c1-4-20-15(17)10-5-9-7-13(18-2)14(19-3)8-11(9)12(16)6-10/h7-8,10,12H,4-6,16H2,1-3H3/t10-,12+/m1/s1. The number of rotatable bonds is 4. The zero-order valence-corrected chi connectivity index (χ0v) is 12.1. The summed E-state index contributed by atoms with van der Waals surface area (Å²) in [6, 6.07) is 3.62. The fourth-order valence-corrected chi connectivity index (χ4v) is 2.68. The van der Waals surface area contributed by atoms with Gasteiger partial charge in [-0.3, -0.25) is 4.79 Å². The molecule has 0 aliphatic heterocycles. The van der Waals surface area contributed by atoms with Gasteiger partial charge >= 0.3 is 5.97 Å². The largest absolute Gasteiger partial charge is 0.493 e. The van der Waals surface area contributed by atoms with E-state index in [1.807, 2.05) is 19.1 Å². The van der Waals surface area contributed by atoms with Crippen molar-refractivity contribution in [3.05, 3.63) is 23.3 Å². The Morgan fingerprint density at radius 3 is 2.55 bits per heavy atom. The van der Waals surface area contributed by atoms with E-state index < -0.39 is 0 Å². The zero-order valence-electron chi connectivity index (χ0n) is 12.1. The van der Waals surface area contributed by atoms with Crippen LogP contribution in [-0.4, -0.2) is 26.8 Å². The van der Waals surface area contributed by atoms with Crippen LogP contribution in [-0.2, 0) is 16.0 Å². The highest BCUT2D eigenvalue weighted by molar-refractivity contribution is 5.73. The second-order valence-corrected chi connectivity index (χ2v) is 4.90. The molecule has 20 heavy (non-hydrogen) atoms. The second kappa shape index (κ2) is 6.13. The molecule has 1 aliphatic rings. The number of fused-ring (bicyclic) bond motifs is 1. The summed E-state index contributed by atoms with van der Waals surface area (Å²) in [7, 11) is 3.19. The van der Waals surface area contributed by atoms with E-state index in [1.165, 1.54) is 0 Å². The molecule has 0 saturated carbocycles. The molecular weight excluding hydrogens is 258 g/mol. The molecule has 0 heterocycles. The van der Waals surface area contributed by atoms with Gasteiger partial charge in [0.2, 0.25) is 0 Å². The van der Waals surface area contributed by atoms with Crippen molar-refractivity contribution in [3.8, 4) is 11.5 Å². The number of benzene rings is 1. The minimum atomic E-state index is -0.187. The molecule has 2 N–H and O–H groups in total. The third-order valence-electron chi connectivity index (χ3n) is 3.67. The maximum absolute atomic E-state index is 11.9. The predicted molar refractivity (Wildman–Crippen MR) is 74.9 cm³/mol. The van der Waals surface area contributed by atoms with Crippen molar-refractivity contribution in [2.75, 3.05) is 20.8 Å². The lowest BCUT2D eigenvalue weighted by Crippen LogP contribution is -2.30. The third kappa shape index (κ3) is 2.72. The lowest BCUT2D eigenvalue weighted by molar-refractivity contribution is -0.148. The van der Waals surface area contributed by atoms with Crippen LogP contribution in [0.3, 0.4) is 0 Å². The molecular formula is C15H21NO4. The Morgan fingerprint density at radius 1 is 1.30 bits per heavy atom. The predicted octanol–water partition coefficient (Wildman–Crippen LogP) is 1.83. The highest BCUT2D eigenvalue weighted by atomic mass is 16.5. The number of ether oxygens (including phenoxy) is 3. The van der Waals surface area contributed by atoms with Gasteiger partial charge in [-0.15, -0.1) is 0 Å². The Hall–Kier alpha value is -1.75. The second-order valence-electron chi connectivity index (χ2n) is 4.90. The first-order valence-electron chi connectivity index (χ1n) is 6.77. The number of carbonyl (C=O) groups excluding carboxylic acids is 1. The Balaban J connectivity index is 2.32. The molecule has 2 rings (SSSR count). The van der Waals surface area contributed by atoms with Crippen molar-refractivity contribution >= 4 is 5.97 Å². The van der Waals surface area contributed by atoms with Gasteiger partial charge in [0.1, 0.15) is 0 Å². The van der Waals surface area contributed by atoms with Crippen LogP contribution in [0.5, 0.6) is 11.5 Å². The number of esters is 1. The van der Waals surface area contributed by atoms with Crippen LogP contribution in [0.25, 0.3) is 0 Å². The summed E-state index contributed by atoms with van der Waals surface area (Å²) < 4.78 is 15.7. The molecule has 0 spiro atoms. The SMILES string of the molecule is CCOC(=O)[C@@H]1Cc2cc(OC)c(OC)cc2[C@@H](N)C1. The van der Waals surface area contributed by atoms with E-state index in [1.54, 1.807) is 14.2 Å². The summed E-state index contributed by atoms with van der Waals surface area (Å²) in [6.07, 6.45) is 1.23. The van der Waals surface area contributed by atoms with Crippen molar-refractivity contribution in [1.82, 2.24) is 0 Å². The Morgan fingerprint density at radius 2 is 1.95 bits per heavy atom. The quantitative estimate of drug-likeness (QED) is 0.851. The van der Waals surface area contributed by atoms with Crippen molar-refractivity contribution in [2.45, 2.75) is 25.8 Å². The molecule has 0 fully saturated rings. The fourth-order valence-electron chi connectivity index (χ4n) is 2.68. The number of hydrogen-bond acceptors (Lipinski definition) is 5. The van der Waals surface area contributed by atoms with Crippen molar-refractivity contribution in [2.24, 2.45) is 11.7 Å². The average molecular weight is 279 g/mol. The lowest BCUT2D eigenvalue weighted by Gasteiger charge is -2.29. The number of methoxy groups -OCH3 is 2. The van der Waals surface area contributed by atoms with E-state index in [4.69, 9.17) is 19.9 Å². The van der Waals surface area contributed by atoms with Crippen LogP contribution in [0, 0.1) is 5.92 Å². The molecule has 1 aliphatic carbocycles. The van der Waals surface area contributed by atoms with Crippen molar-refractivity contribution in [3.63, 3.8) is 0 Å². The van der Waals surface area contributed by atoms with E-state index >= 15 is 0 Å². The summed E-state index contributed by atoms with van der Waals surface area (Å²) in [6.45, 7) is 2.20. The molecule has 0 bridgehead atoms. The monoisotopic (exact) mass is 279 g/mol. The molecule has 110 valence electrons. The van der Waals surface area contributed by atoms with E-state index in [0.717, 1.165) is 11.1 Å². The van der Waals surface area contributed by atoms with E-state index in [2.05, 4.69) is 0 Å². The fraction of sp³-hybridized carbons (Fsp3) is 0.533. The van der Waals surface area contributed by atoms with Crippen LogP contribution in [0.15, 0.2) is 12.1 Å². The van der Waals surface area contributed by atoms with Gasteiger partial charge in [0.25, 0.3) is 0 Å². The van der Waals surface area contributed by atoms with Crippen molar-refractivity contribution < 1.29 is 19.0 Å². The molecule has 5 heteroatoms. The van der Waals surface area contributed by atoms with Crippen LogP contribution in [0.1, 0.15) is 30.5 Å². The summed E-state index contributed by atoms with van der Waals surface area (Å²) in [5.74, 6) is 0.957. The molecule has 0 radical (unpaired) electrons. The first-order valence-corrected chi connectivity index (χ1v) is 6.77. The van der Waals surface area contributed by atoms with Crippen molar-refractivity contribution in [1.29, 1.82) is 0 Å². The van der Waals surface area contributed by atoms with Crippen LogP contribution < -0.4 is 15.2 Å². The first kappa shape index (κ1) is 14.7. The van der Waals surface area contributed by atoms with Gasteiger partial charge in [0.05, 0.1) is 26.7 Å². The van der Waals surface area contributed by atoms with Gasteiger partial charge in [-0.2, -0.15) is 0 Å². The molecule has 0 unspecified atom stereocenters. The lowest BCUT2D eigenvalue weighted by atomic mass is 9.81. The Labute approximate surface area is 119 Å². The van der Waals surface area contributed by atoms with Crippen LogP contribution >= 0.6 is 0 Å². The number of nitrogens with two attached hydrogens (primary N) is 1. The molecule has 0 amide bonds. The van der Waals surface area contributed by atoms with Gasteiger partial charge in [-0.05, 0) is 43.0 Å². The topological polar surface area (TPSA) is 70.8 Å². The number of hydrogen-bond donors (Lipinski definition) is 1. The van der Waals surface area contributed by atoms with Gasteiger partial charge < -0.3 is 19.9 Å². The van der Waals surface area contributed by atoms with Gasteiger partial charge in [-0.25, -0.2) is 0 Å². The highest BCUT2D eigenvalue weighted by Gasteiger charge is 2.31. The van der Waals surface area contributed by atoms with Gasteiger partial charge in [0.15, 0.2) is 11.5 Å².